The maximum atomic E-state index is 5.01. The topological polar surface area (TPSA) is 37.3 Å². The monoisotopic (exact) mass is 435 g/mol. The van der Waals surface area contributed by atoms with Gasteiger partial charge in [0.2, 0.25) is 0 Å². The van der Waals surface area contributed by atoms with Crippen LogP contribution in [0, 0.1) is 20.8 Å². The van der Waals surface area contributed by atoms with Gasteiger partial charge in [0.05, 0.1) is 23.3 Å². The molecule has 1 aromatic heterocycles. The van der Waals surface area contributed by atoms with Gasteiger partial charge in [0.1, 0.15) is 0 Å². The molecule has 3 aromatic carbocycles. The largest absolute Gasteiger partial charge is 0.308 e. The van der Waals surface area contributed by atoms with E-state index in [9.17, 15) is 0 Å². The third kappa shape index (κ3) is 5.37. The molecular formula is C30H33N3. The number of nitrogens with zero attached hydrogens (tertiary/aromatic N) is 2. The molecule has 168 valence electrons. The van der Waals surface area contributed by atoms with Crippen LogP contribution < -0.4 is 5.32 Å². The van der Waals surface area contributed by atoms with Crippen LogP contribution in [0.2, 0.25) is 0 Å². The van der Waals surface area contributed by atoms with Gasteiger partial charge in [-0.3, -0.25) is 4.99 Å². The lowest BCUT2D eigenvalue weighted by molar-refractivity contribution is 0.424. The molecule has 33 heavy (non-hydrogen) atoms. The molecule has 1 N–H and O–H groups in total. The smallest absolute Gasteiger partial charge is 0.0820 e. The van der Waals surface area contributed by atoms with Gasteiger partial charge in [-0.05, 0) is 81.1 Å². The summed E-state index contributed by atoms with van der Waals surface area (Å²) in [4.78, 5) is 9.82. The highest BCUT2D eigenvalue weighted by atomic mass is 14.9. The number of aryl methyl sites for hydroxylation is 3. The van der Waals surface area contributed by atoms with Crippen LogP contribution in [0.25, 0.3) is 22.0 Å². The third-order valence-corrected chi connectivity index (χ3v) is 5.81. The van der Waals surface area contributed by atoms with Gasteiger partial charge in [0.15, 0.2) is 0 Å². The van der Waals surface area contributed by atoms with Gasteiger partial charge in [-0.15, -0.1) is 0 Å². The Morgan fingerprint density at radius 1 is 0.879 bits per heavy atom. The summed E-state index contributed by atoms with van der Waals surface area (Å²) in [5.74, 6) is 0. The highest BCUT2D eigenvalue weighted by Gasteiger charge is 2.15. The Morgan fingerprint density at radius 3 is 2.33 bits per heavy atom. The van der Waals surface area contributed by atoms with Gasteiger partial charge >= 0.3 is 0 Å². The number of hydrogen-bond donors (Lipinski definition) is 1. The number of aromatic nitrogens is 1. The second-order valence-corrected chi connectivity index (χ2v) is 9.88. The molecule has 4 aromatic rings. The highest BCUT2D eigenvalue weighted by molar-refractivity contribution is 5.98. The Kier molecular flexibility index (Phi) is 6.44. The van der Waals surface area contributed by atoms with E-state index in [2.05, 4.69) is 108 Å². The van der Waals surface area contributed by atoms with E-state index in [1.807, 2.05) is 12.3 Å². The minimum absolute atomic E-state index is 0.0363. The molecule has 0 aliphatic heterocycles. The van der Waals surface area contributed by atoms with Crippen molar-refractivity contribution in [1.82, 2.24) is 10.3 Å². The average molecular weight is 436 g/mol. The van der Waals surface area contributed by atoms with Crippen LogP contribution in [-0.4, -0.2) is 16.7 Å². The molecule has 0 atom stereocenters. The maximum Gasteiger partial charge on any atom is 0.0820 e. The summed E-state index contributed by atoms with van der Waals surface area (Å²) >= 11 is 0. The van der Waals surface area contributed by atoms with Crippen molar-refractivity contribution >= 4 is 22.7 Å². The number of hydrogen-bond acceptors (Lipinski definition) is 3. The summed E-state index contributed by atoms with van der Waals surface area (Å²) in [5, 5.41) is 6.08. The van der Waals surface area contributed by atoms with Gasteiger partial charge in [0.25, 0.3) is 0 Å². The molecule has 0 fully saturated rings. The Balaban J connectivity index is 1.77. The van der Waals surface area contributed by atoms with E-state index in [1.165, 1.54) is 38.6 Å². The lowest BCUT2D eigenvalue weighted by atomic mass is 9.95. The quantitative estimate of drug-likeness (QED) is 0.330. The molecule has 0 spiro atoms. The van der Waals surface area contributed by atoms with Crippen molar-refractivity contribution in [1.29, 1.82) is 0 Å². The maximum absolute atomic E-state index is 5.01. The van der Waals surface area contributed by atoms with Crippen molar-refractivity contribution in [3.63, 3.8) is 0 Å². The SMILES string of the molecule is Cc1cc(C)c(N=Cc2cccc(-c3c(CNC(C)(C)C)ccc4ccccc34)n2)c(C)c1. The molecule has 3 nitrogen and oxygen atoms in total. The Morgan fingerprint density at radius 2 is 1.61 bits per heavy atom. The first-order valence-electron chi connectivity index (χ1n) is 11.6. The average Bonchev–Trinajstić information content (AvgIpc) is 2.76. The number of benzene rings is 3. The molecule has 4 rings (SSSR count). The number of pyridine rings is 1. The Labute approximate surface area is 197 Å². The van der Waals surface area contributed by atoms with Gasteiger partial charge in [-0.25, -0.2) is 4.98 Å². The Hall–Kier alpha value is -3.30. The van der Waals surface area contributed by atoms with E-state index in [0.29, 0.717) is 0 Å². The molecule has 0 radical (unpaired) electrons. The molecule has 0 saturated heterocycles. The minimum Gasteiger partial charge on any atom is -0.308 e. The van der Waals surface area contributed by atoms with E-state index >= 15 is 0 Å². The van der Waals surface area contributed by atoms with Crippen molar-refractivity contribution in [2.24, 2.45) is 4.99 Å². The van der Waals surface area contributed by atoms with Gasteiger partial charge in [-0.1, -0.05) is 60.2 Å². The van der Waals surface area contributed by atoms with Crippen LogP contribution in [-0.2, 0) is 6.54 Å². The van der Waals surface area contributed by atoms with Crippen molar-refractivity contribution in [3.05, 3.63) is 94.7 Å². The zero-order valence-corrected chi connectivity index (χ0v) is 20.5. The number of nitrogens with one attached hydrogen (secondary N) is 1. The summed E-state index contributed by atoms with van der Waals surface area (Å²) in [7, 11) is 0. The van der Waals surface area contributed by atoms with Crippen LogP contribution in [0.5, 0.6) is 0 Å². The number of rotatable bonds is 5. The van der Waals surface area contributed by atoms with Crippen molar-refractivity contribution in [2.75, 3.05) is 0 Å². The predicted octanol–water partition coefficient (Wildman–Crippen LogP) is 7.47. The molecule has 0 aliphatic rings. The van der Waals surface area contributed by atoms with Crippen molar-refractivity contribution in [2.45, 2.75) is 53.6 Å². The highest BCUT2D eigenvalue weighted by Crippen LogP contribution is 2.32. The number of aliphatic imine (C=N–C) groups is 1. The molecular weight excluding hydrogens is 402 g/mol. The Bertz CT molecular complexity index is 1300. The number of fused-ring (bicyclic) bond motifs is 1. The van der Waals surface area contributed by atoms with E-state index in [4.69, 9.17) is 9.98 Å². The first-order chi connectivity index (χ1) is 15.7. The predicted molar refractivity (Wildman–Crippen MR) is 142 cm³/mol. The fraction of sp³-hybridized carbons (Fsp3) is 0.267. The van der Waals surface area contributed by atoms with Crippen molar-refractivity contribution in [3.8, 4) is 11.3 Å². The minimum atomic E-state index is 0.0363. The van der Waals surface area contributed by atoms with Crippen LogP contribution in [0.3, 0.4) is 0 Å². The molecule has 0 amide bonds. The molecule has 0 saturated carbocycles. The molecule has 0 aliphatic carbocycles. The van der Waals surface area contributed by atoms with Gasteiger partial charge in [-0.2, -0.15) is 0 Å². The van der Waals surface area contributed by atoms with E-state index in [1.54, 1.807) is 0 Å². The van der Waals surface area contributed by atoms with Crippen LogP contribution >= 0.6 is 0 Å². The molecule has 0 bridgehead atoms. The van der Waals surface area contributed by atoms with Gasteiger partial charge in [0, 0.05) is 17.6 Å². The zero-order chi connectivity index (χ0) is 23.6. The van der Waals surface area contributed by atoms with Crippen LogP contribution in [0.4, 0.5) is 5.69 Å². The summed E-state index contributed by atoms with van der Waals surface area (Å²) in [6.07, 6.45) is 1.88. The molecule has 3 heteroatoms. The summed E-state index contributed by atoms with van der Waals surface area (Å²) < 4.78 is 0. The van der Waals surface area contributed by atoms with Crippen LogP contribution in [0.15, 0.2) is 71.7 Å². The van der Waals surface area contributed by atoms with Crippen LogP contribution in [0.1, 0.15) is 48.7 Å². The fourth-order valence-corrected chi connectivity index (χ4v) is 4.30. The van der Waals surface area contributed by atoms with Crippen molar-refractivity contribution < 1.29 is 0 Å². The summed E-state index contributed by atoms with van der Waals surface area (Å²) in [6.45, 7) is 13.7. The summed E-state index contributed by atoms with van der Waals surface area (Å²) in [5.41, 5.74) is 8.94. The third-order valence-electron chi connectivity index (χ3n) is 5.81. The van der Waals surface area contributed by atoms with E-state index in [0.717, 1.165) is 23.6 Å². The zero-order valence-electron chi connectivity index (χ0n) is 20.5. The first kappa shape index (κ1) is 22.9. The van der Waals surface area contributed by atoms with E-state index < -0.39 is 0 Å². The lowest BCUT2D eigenvalue weighted by Gasteiger charge is -2.22. The first-order valence-corrected chi connectivity index (χ1v) is 11.6. The standard InChI is InChI=1S/C30H33N3/c1-20-16-21(2)29(22(3)17-20)31-19-25-11-9-13-27(33-25)28-24(18-32-30(4,5)6)15-14-23-10-7-8-12-26(23)28/h7-17,19,32H,18H2,1-6H3. The fourth-order valence-electron chi connectivity index (χ4n) is 4.30. The molecule has 0 unspecified atom stereocenters. The second kappa shape index (κ2) is 9.29. The lowest BCUT2D eigenvalue weighted by Crippen LogP contribution is -2.35. The second-order valence-electron chi connectivity index (χ2n) is 9.88. The summed E-state index contributed by atoms with van der Waals surface area (Å²) in [6, 6.07) is 23.5. The van der Waals surface area contributed by atoms with Gasteiger partial charge < -0.3 is 5.32 Å². The van der Waals surface area contributed by atoms with E-state index in [-0.39, 0.29) is 5.54 Å². The normalized spacial score (nSPS) is 12.1. The molecule has 1 heterocycles.